The lowest BCUT2D eigenvalue weighted by Crippen LogP contribution is -2.60. The van der Waals surface area contributed by atoms with E-state index in [0.29, 0.717) is 18.0 Å². The van der Waals surface area contributed by atoms with Crippen LogP contribution in [0.15, 0.2) is 35.1 Å². The maximum Gasteiger partial charge on any atom is 0.493 e. The normalized spacial score (nSPS) is 20.7. The minimum atomic E-state index is -5.28. The predicted octanol–water partition coefficient (Wildman–Crippen LogP) is 1.21. The molecule has 10 nitrogen and oxygen atoms in total. The van der Waals surface area contributed by atoms with E-state index in [4.69, 9.17) is 10.6 Å². The van der Waals surface area contributed by atoms with Crippen LogP contribution in [0.2, 0.25) is 0 Å². The molecule has 3 heterocycles. The van der Waals surface area contributed by atoms with Gasteiger partial charge in [0.25, 0.3) is 5.56 Å². The maximum absolute atomic E-state index is 13.3. The van der Waals surface area contributed by atoms with E-state index in [1.54, 1.807) is 41.3 Å². The number of nitrogens with zero attached hydrogens (tertiary/aromatic N) is 6. The number of alkyl halides is 3. The molecule has 2 aliphatic heterocycles. The second-order valence-electron chi connectivity index (χ2n) is 8.14. The number of nitriles is 1. The average molecular weight is 477 g/mol. The number of hydrogen-bond acceptors (Lipinski definition) is 9. The first-order chi connectivity index (χ1) is 16.1. The van der Waals surface area contributed by atoms with Crippen LogP contribution in [0.5, 0.6) is 0 Å². The first-order valence-corrected chi connectivity index (χ1v) is 10.5. The van der Waals surface area contributed by atoms with E-state index in [1.807, 2.05) is 0 Å². The van der Waals surface area contributed by atoms with E-state index >= 15 is 0 Å². The molecule has 2 N–H and O–H groups in total. The quantitative estimate of drug-likeness (QED) is 0.693. The zero-order chi connectivity index (χ0) is 24.6. The summed E-state index contributed by atoms with van der Waals surface area (Å²) in [6.07, 6.45) is -5.03. The van der Waals surface area contributed by atoms with Gasteiger partial charge in [-0.3, -0.25) is 14.3 Å². The summed E-state index contributed by atoms with van der Waals surface area (Å²) in [7, 11) is 1.34. The van der Waals surface area contributed by atoms with Gasteiger partial charge < -0.3 is 15.5 Å². The standard InChI is InChI=1S/C21H22F3N7O3/c1-28-15(10-25)27-17-16(18(28)32)30(11-13-6-3-2-4-7-13)20(29-9-5-8-14(26)12-29)31(17)34-19(33)21(22,23)24/h2-4,6-7,14,20H,5,8-9,11-12,26H2,1H3. The average Bonchev–Trinajstić information content (AvgIpc) is 3.09. The Morgan fingerprint density at radius 3 is 2.65 bits per heavy atom. The SMILES string of the molecule is Cn1c(C#N)nc2c(c1=O)N(Cc1ccccc1)C(N1CCCC(N)C1)N2OC(=O)C(F)(F)F. The number of carbonyl (C=O) groups excluding carboxylic acids is 1. The third kappa shape index (κ3) is 4.29. The lowest BCUT2D eigenvalue weighted by molar-refractivity contribution is -0.203. The van der Waals surface area contributed by atoms with E-state index in [2.05, 4.69) is 4.98 Å². The Labute approximate surface area is 192 Å². The highest BCUT2D eigenvalue weighted by atomic mass is 19.4. The number of aromatic nitrogens is 2. The Morgan fingerprint density at radius 2 is 2.03 bits per heavy atom. The van der Waals surface area contributed by atoms with E-state index in [9.17, 15) is 28.0 Å². The van der Waals surface area contributed by atoms with Crippen molar-refractivity contribution in [2.24, 2.45) is 12.8 Å². The van der Waals surface area contributed by atoms with E-state index in [0.717, 1.165) is 16.6 Å². The fourth-order valence-corrected chi connectivity index (χ4v) is 4.20. The Morgan fingerprint density at radius 1 is 1.32 bits per heavy atom. The fourth-order valence-electron chi connectivity index (χ4n) is 4.20. The van der Waals surface area contributed by atoms with Crippen molar-refractivity contribution in [2.75, 3.05) is 23.1 Å². The number of anilines is 2. The van der Waals surface area contributed by atoms with Crippen LogP contribution >= 0.6 is 0 Å². The van der Waals surface area contributed by atoms with E-state index in [-0.39, 0.29) is 36.5 Å². The zero-order valence-electron chi connectivity index (χ0n) is 18.2. The summed E-state index contributed by atoms with van der Waals surface area (Å²) >= 11 is 0. The minimum Gasteiger partial charge on any atom is -0.327 e. The van der Waals surface area contributed by atoms with Gasteiger partial charge in [-0.25, -0.2) is 4.79 Å². The monoisotopic (exact) mass is 477 g/mol. The summed E-state index contributed by atoms with van der Waals surface area (Å²) in [6, 6.07) is 10.5. The number of halogens is 3. The van der Waals surface area contributed by atoms with Gasteiger partial charge in [-0.2, -0.15) is 23.4 Å². The van der Waals surface area contributed by atoms with Gasteiger partial charge in [-0.05, 0) is 18.4 Å². The molecule has 2 unspecified atom stereocenters. The molecule has 2 aromatic rings. The molecule has 1 aromatic carbocycles. The Bertz CT molecular complexity index is 1180. The number of likely N-dealkylation sites (tertiary alicyclic amines) is 1. The fraction of sp³-hybridized carbons (Fsp3) is 0.429. The van der Waals surface area contributed by atoms with Crippen LogP contribution in [0.4, 0.5) is 24.7 Å². The van der Waals surface area contributed by atoms with Crippen molar-refractivity contribution in [3.05, 3.63) is 52.1 Å². The topological polar surface area (TPSA) is 121 Å². The summed E-state index contributed by atoms with van der Waals surface area (Å²) < 4.78 is 40.5. The highest BCUT2D eigenvalue weighted by Crippen LogP contribution is 2.39. The molecular weight excluding hydrogens is 455 g/mol. The molecule has 180 valence electrons. The van der Waals surface area contributed by atoms with Crippen LogP contribution in [-0.4, -0.2) is 52.0 Å². The highest BCUT2D eigenvalue weighted by Gasteiger charge is 2.50. The first-order valence-electron chi connectivity index (χ1n) is 10.5. The summed E-state index contributed by atoms with van der Waals surface area (Å²) in [5.74, 6) is -3.14. The van der Waals surface area contributed by atoms with Crippen LogP contribution in [0.3, 0.4) is 0 Å². The highest BCUT2D eigenvalue weighted by molar-refractivity contribution is 5.79. The van der Waals surface area contributed by atoms with Crippen molar-refractivity contribution < 1.29 is 22.8 Å². The minimum absolute atomic E-state index is 0.0792. The van der Waals surface area contributed by atoms with Crippen molar-refractivity contribution in [2.45, 2.75) is 37.9 Å². The van der Waals surface area contributed by atoms with Gasteiger partial charge in [0.2, 0.25) is 5.82 Å². The van der Waals surface area contributed by atoms with Crippen LogP contribution < -0.4 is 21.3 Å². The van der Waals surface area contributed by atoms with Gasteiger partial charge in [0, 0.05) is 32.7 Å². The number of carbonyl (C=O) groups is 1. The summed E-state index contributed by atoms with van der Waals surface area (Å²) in [6.45, 7) is 0.825. The van der Waals surface area contributed by atoms with Crippen molar-refractivity contribution in [3.8, 4) is 6.07 Å². The first kappa shape index (κ1) is 23.5. The van der Waals surface area contributed by atoms with E-state index < -0.39 is 24.0 Å². The number of rotatable bonds is 4. The number of hydrogen-bond donors (Lipinski definition) is 1. The lowest BCUT2D eigenvalue weighted by Gasteiger charge is -2.42. The number of piperidine rings is 1. The molecule has 13 heteroatoms. The molecular formula is C21H22F3N7O3. The Balaban J connectivity index is 1.89. The van der Waals surface area contributed by atoms with Crippen molar-refractivity contribution in [3.63, 3.8) is 0 Å². The van der Waals surface area contributed by atoms with Gasteiger partial charge in [0.15, 0.2) is 17.8 Å². The van der Waals surface area contributed by atoms with Gasteiger partial charge in [0.1, 0.15) is 6.07 Å². The zero-order valence-corrected chi connectivity index (χ0v) is 18.2. The molecule has 34 heavy (non-hydrogen) atoms. The largest absolute Gasteiger partial charge is 0.493 e. The second-order valence-corrected chi connectivity index (χ2v) is 8.14. The molecule has 1 aromatic heterocycles. The molecule has 2 aliphatic rings. The Kier molecular flexibility index (Phi) is 6.20. The lowest BCUT2D eigenvalue weighted by atomic mass is 10.1. The molecule has 1 saturated heterocycles. The molecule has 0 radical (unpaired) electrons. The predicted molar refractivity (Wildman–Crippen MR) is 114 cm³/mol. The summed E-state index contributed by atoms with van der Waals surface area (Å²) in [5, 5.41) is 10.1. The molecule has 4 rings (SSSR count). The number of hydroxylamine groups is 1. The molecule has 1 fully saturated rings. The van der Waals surface area contributed by atoms with E-state index in [1.165, 1.54) is 11.9 Å². The van der Waals surface area contributed by atoms with Crippen molar-refractivity contribution in [1.29, 1.82) is 5.26 Å². The number of fused-ring (bicyclic) bond motifs is 1. The van der Waals surface area contributed by atoms with Crippen LogP contribution in [0, 0.1) is 11.3 Å². The molecule has 0 bridgehead atoms. The number of benzene rings is 1. The maximum atomic E-state index is 13.3. The van der Waals surface area contributed by atoms with Gasteiger partial charge in [0.05, 0.1) is 0 Å². The van der Waals surface area contributed by atoms with Crippen molar-refractivity contribution in [1.82, 2.24) is 14.5 Å². The molecule has 0 amide bonds. The van der Waals surface area contributed by atoms with Gasteiger partial charge in [-0.15, -0.1) is 5.06 Å². The second kappa shape index (κ2) is 8.96. The van der Waals surface area contributed by atoms with Crippen LogP contribution in [0.25, 0.3) is 0 Å². The van der Waals surface area contributed by atoms with Crippen LogP contribution in [0.1, 0.15) is 24.2 Å². The smallest absolute Gasteiger partial charge is 0.327 e. The molecule has 2 atom stereocenters. The van der Waals surface area contributed by atoms with Crippen molar-refractivity contribution >= 4 is 17.5 Å². The van der Waals surface area contributed by atoms with Gasteiger partial charge >= 0.3 is 12.1 Å². The number of nitrogens with two attached hydrogens (primary N) is 1. The third-order valence-corrected chi connectivity index (χ3v) is 5.76. The Hall–Kier alpha value is -3.63. The molecule has 0 saturated carbocycles. The summed E-state index contributed by atoms with van der Waals surface area (Å²) in [5.41, 5.74) is 6.14. The summed E-state index contributed by atoms with van der Waals surface area (Å²) in [4.78, 5) is 37.3. The molecule has 0 aliphatic carbocycles. The van der Waals surface area contributed by atoms with Gasteiger partial charge in [-0.1, -0.05) is 30.3 Å². The van der Waals surface area contributed by atoms with Crippen LogP contribution in [-0.2, 0) is 23.2 Å². The molecule has 0 spiro atoms. The third-order valence-electron chi connectivity index (χ3n) is 5.76.